The van der Waals surface area contributed by atoms with Gasteiger partial charge in [0, 0.05) is 6.04 Å². The van der Waals surface area contributed by atoms with Crippen LogP contribution in [0.1, 0.15) is 32.4 Å². The number of hydrogen-bond donors (Lipinski definition) is 2. The van der Waals surface area contributed by atoms with E-state index in [4.69, 9.17) is 15.2 Å². The van der Waals surface area contributed by atoms with Gasteiger partial charge in [-0.2, -0.15) is 0 Å². The third-order valence-electron chi connectivity index (χ3n) is 3.26. The number of amides is 1. The summed E-state index contributed by atoms with van der Waals surface area (Å²) in [6, 6.07) is 5.77. The highest BCUT2D eigenvalue weighted by Crippen LogP contribution is 2.32. The van der Waals surface area contributed by atoms with E-state index in [0.29, 0.717) is 13.2 Å². The molecule has 1 atom stereocenters. The lowest BCUT2D eigenvalue weighted by atomic mass is 10.00. The third-order valence-corrected chi connectivity index (χ3v) is 3.26. The minimum absolute atomic E-state index is 0.0154. The monoisotopic (exact) mass is 264 g/mol. The predicted octanol–water partition coefficient (Wildman–Crippen LogP) is 1.37. The third kappa shape index (κ3) is 2.98. The van der Waals surface area contributed by atoms with Crippen LogP contribution >= 0.6 is 0 Å². The number of nitrogens with two attached hydrogens (primary N) is 1. The summed E-state index contributed by atoms with van der Waals surface area (Å²) >= 11 is 0. The molecule has 1 aromatic rings. The molecule has 2 rings (SSSR count). The topological polar surface area (TPSA) is 73.6 Å². The Morgan fingerprint density at radius 2 is 1.95 bits per heavy atom. The summed E-state index contributed by atoms with van der Waals surface area (Å²) in [6.45, 7) is 6.66. The lowest BCUT2D eigenvalue weighted by Crippen LogP contribution is -2.51. The van der Waals surface area contributed by atoms with Crippen molar-refractivity contribution in [1.82, 2.24) is 5.32 Å². The first kappa shape index (κ1) is 13.7. The van der Waals surface area contributed by atoms with E-state index in [1.807, 2.05) is 25.1 Å². The van der Waals surface area contributed by atoms with Crippen LogP contribution in [0.4, 0.5) is 0 Å². The number of ether oxygens (including phenoxy) is 2. The number of carbonyl (C=O) groups is 1. The highest BCUT2D eigenvalue weighted by molar-refractivity contribution is 5.83. The van der Waals surface area contributed by atoms with Crippen molar-refractivity contribution in [3.05, 3.63) is 23.8 Å². The van der Waals surface area contributed by atoms with Crippen LogP contribution in [0.2, 0.25) is 0 Å². The molecule has 0 saturated heterocycles. The van der Waals surface area contributed by atoms with Crippen molar-refractivity contribution in [3.63, 3.8) is 0 Å². The van der Waals surface area contributed by atoms with Gasteiger partial charge in [-0.1, -0.05) is 6.07 Å². The number of fused-ring (bicyclic) bond motifs is 1. The zero-order valence-electron chi connectivity index (χ0n) is 11.5. The summed E-state index contributed by atoms with van der Waals surface area (Å²) in [7, 11) is 0. The van der Waals surface area contributed by atoms with Gasteiger partial charge < -0.3 is 15.2 Å². The van der Waals surface area contributed by atoms with Gasteiger partial charge in [0.2, 0.25) is 5.91 Å². The average Bonchev–Trinajstić information content (AvgIpc) is 2.37. The van der Waals surface area contributed by atoms with Crippen LogP contribution in [-0.2, 0) is 4.79 Å². The van der Waals surface area contributed by atoms with Gasteiger partial charge >= 0.3 is 0 Å². The zero-order chi connectivity index (χ0) is 14.0. The van der Waals surface area contributed by atoms with Crippen LogP contribution in [0.5, 0.6) is 11.5 Å². The van der Waals surface area contributed by atoms with Crippen molar-refractivity contribution in [2.24, 2.45) is 5.73 Å². The van der Waals surface area contributed by atoms with Gasteiger partial charge in [0.15, 0.2) is 11.5 Å². The van der Waals surface area contributed by atoms with Crippen molar-refractivity contribution in [2.45, 2.75) is 32.4 Å². The number of nitrogens with one attached hydrogen (secondary N) is 1. The van der Waals surface area contributed by atoms with Crippen molar-refractivity contribution < 1.29 is 14.3 Å². The Hall–Kier alpha value is -1.75. The molecule has 1 unspecified atom stereocenters. The molecular formula is C14H20N2O3. The number of hydrogen-bond acceptors (Lipinski definition) is 4. The van der Waals surface area contributed by atoms with Gasteiger partial charge in [-0.05, 0) is 38.5 Å². The molecule has 5 heteroatoms. The maximum atomic E-state index is 11.3. The molecule has 19 heavy (non-hydrogen) atoms. The molecule has 1 amide bonds. The lowest BCUT2D eigenvalue weighted by molar-refractivity contribution is -0.123. The normalized spacial score (nSPS) is 15.9. The zero-order valence-corrected chi connectivity index (χ0v) is 11.5. The molecule has 0 bridgehead atoms. The summed E-state index contributed by atoms with van der Waals surface area (Å²) in [4.78, 5) is 11.3. The van der Waals surface area contributed by atoms with Crippen LogP contribution in [0.25, 0.3) is 0 Å². The van der Waals surface area contributed by atoms with Crippen LogP contribution in [0.3, 0.4) is 0 Å². The number of carbonyl (C=O) groups excluding carboxylic acids is 1. The van der Waals surface area contributed by atoms with Gasteiger partial charge in [-0.25, -0.2) is 0 Å². The van der Waals surface area contributed by atoms with E-state index in [1.54, 1.807) is 13.8 Å². The van der Waals surface area contributed by atoms with Crippen molar-refractivity contribution in [2.75, 3.05) is 13.2 Å². The van der Waals surface area contributed by atoms with E-state index < -0.39 is 5.54 Å². The van der Waals surface area contributed by atoms with Gasteiger partial charge in [-0.15, -0.1) is 0 Å². The van der Waals surface area contributed by atoms with Crippen LogP contribution in [0, 0.1) is 0 Å². The SMILES string of the molecule is CC(NC(C)(C)C(N)=O)c1ccc2c(c1)OCCO2. The van der Waals surface area contributed by atoms with Gasteiger partial charge in [0.1, 0.15) is 13.2 Å². The largest absolute Gasteiger partial charge is 0.486 e. The van der Waals surface area contributed by atoms with E-state index in [0.717, 1.165) is 17.1 Å². The number of primary amides is 1. The second-order valence-electron chi connectivity index (χ2n) is 5.26. The molecule has 0 saturated carbocycles. The molecular weight excluding hydrogens is 244 g/mol. The van der Waals surface area contributed by atoms with Crippen molar-refractivity contribution in [3.8, 4) is 11.5 Å². The van der Waals surface area contributed by atoms with E-state index in [-0.39, 0.29) is 11.9 Å². The van der Waals surface area contributed by atoms with Crippen LogP contribution < -0.4 is 20.5 Å². The Morgan fingerprint density at radius 1 is 1.32 bits per heavy atom. The Balaban J connectivity index is 2.15. The molecule has 104 valence electrons. The van der Waals surface area contributed by atoms with Crippen molar-refractivity contribution >= 4 is 5.91 Å². The van der Waals surface area contributed by atoms with Gasteiger partial charge in [-0.3, -0.25) is 10.1 Å². The summed E-state index contributed by atoms with van der Waals surface area (Å²) < 4.78 is 11.0. The van der Waals surface area contributed by atoms with E-state index in [9.17, 15) is 4.79 Å². The van der Waals surface area contributed by atoms with Gasteiger partial charge in [0.05, 0.1) is 5.54 Å². The predicted molar refractivity (Wildman–Crippen MR) is 72.3 cm³/mol. The standard InChI is InChI=1S/C14H20N2O3/c1-9(16-14(2,3)13(15)17)10-4-5-11-12(8-10)19-7-6-18-11/h4-5,8-9,16H,6-7H2,1-3H3,(H2,15,17). The summed E-state index contributed by atoms with van der Waals surface area (Å²) in [6.07, 6.45) is 0. The molecule has 3 N–H and O–H groups in total. The summed E-state index contributed by atoms with van der Waals surface area (Å²) in [5.74, 6) is 1.13. The molecule has 1 aliphatic heterocycles. The Morgan fingerprint density at radius 3 is 2.58 bits per heavy atom. The first-order valence-corrected chi connectivity index (χ1v) is 6.37. The second kappa shape index (κ2) is 5.09. The Bertz CT molecular complexity index is 486. The maximum Gasteiger partial charge on any atom is 0.237 e. The van der Waals surface area contributed by atoms with Crippen LogP contribution in [0.15, 0.2) is 18.2 Å². The molecule has 1 aromatic carbocycles. The maximum absolute atomic E-state index is 11.3. The number of benzene rings is 1. The van der Waals surface area contributed by atoms with E-state index in [2.05, 4.69) is 5.32 Å². The summed E-state index contributed by atoms with van der Waals surface area (Å²) in [5.41, 5.74) is 5.63. The smallest absolute Gasteiger partial charge is 0.237 e. The van der Waals surface area contributed by atoms with Gasteiger partial charge in [0.25, 0.3) is 0 Å². The second-order valence-corrected chi connectivity index (χ2v) is 5.26. The molecule has 0 fully saturated rings. The van der Waals surface area contributed by atoms with E-state index in [1.165, 1.54) is 0 Å². The molecule has 0 aromatic heterocycles. The highest BCUT2D eigenvalue weighted by Gasteiger charge is 2.27. The number of rotatable bonds is 4. The Labute approximate surface area is 113 Å². The minimum Gasteiger partial charge on any atom is -0.486 e. The Kier molecular flexibility index (Phi) is 3.66. The lowest BCUT2D eigenvalue weighted by Gasteiger charge is -2.28. The van der Waals surface area contributed by atoms with E-state index >= 15 is 0 Å². The first-order chi connectivity index (χ1) is 8.90. The summed E-state index contributed by atoms with van der Waals surface area (Å²) in [5, 5.41) is 3.21. The fourth-order valence-corrected chi connectivity index (χ4v) is 2.03. The molecule has 5 nitrogen and oxygen atoms in total. The molecule has 0 aliphatic carbocycles. The molecule has 1 aliphatic rings. The van der Waals surface area contributed by atoms with Crippen molar-refractivity contribution in [1.29, 1.82) is 0 Å². The fourth-order valence-electron chi connectivity index (χ4n) is 2.03. The molecule has 0 radical (unpaired) electrons. The molecule has 1 heterocycles. The quantitative estimate of drug-likeness (QED) is 0.861. The average molecular weight is 264 g/mol. The first-order valence-electron chi connectivity index (χ1n) is 6.37. The molecule has 0 spiro atoms. The van der Waals surface area contributed by atoms with Crippen LogP contribution in [-0.4, -0.2) is 24.7 Å². The fraction of sp³-hybridized carbons (Fsp3) is 0.500. The highest BCUT2D eigenvalue weighted by atomic mass is 16.6. The minimum atomic E-state index is -0.757.